The van der Waals surface area contributed by atoms with Gasteiger partial charge in [-0.3, -0.25) is 14.4 Å². The van der Waals surface area contributed by atoms with Crippen LogP contribution in [-0.2, 0) is 9.59 Å². The minimum Gasteiger partial charge on any atom is -0.341 e. The van der Waals surface area contributed by atoms with Crippen molar-refractivity contribution < 1.29 is 14.4 Å². The van der Waals surface area contributed by atoms with E-state index in [0.717, 1.165) is 10.2 Å². The van der Waals surface area contributed by atoms with Crippen LogP contribution in [0.3, 0.4) is 0 Å². The quantitative estimate of drug-likeness (QED) is 0.444. The van der Waals surface area contributed by atoms with Gasteiger partial charge in [0.2, 0.25) is 11.8 Å². The van der Waals surface area contributed by atoms with Crippen molar-refractivity contribution in [2.45, 2.75) is 13.3 Å². The third-order valence-electron chi connectivity index (χ3n) is 5.09. The Labute approximate surface area is 201 Å². The fourth-order valence-corrected chi connectivity index (χ4v) is 3.69. The van der Waals surface area contributed by atoms with Gasteiger partial charge in [-0.15, -0.1) is 0 Å². The van der Waals surface area contributed by atoms with Gasteiger partial charge < -0.3 is 15.1 Å². The summed E-state index contributed by atoms with van der Waals surface area (Å²) in [6, 6.07) is 16.7. The van der Waals surface area contributed by atoms with Gasteiger partial charge in [-0.25, -0.2) is 4.68 Å². The van der Waals surface area contributed by atoms with Gasteiger partial charge >= 0.3 is 0 Å². The largest absolute Gasteiger partial charge is 0.341 e. The van der Waals surface area contributed by atoms with Gasteiger partial charge in [0.25, 0.3) is 5.91 Å². The summed E-state index contributed by atoms with van der Waals surface area (Å²) in [4.78, 5) is 40.8. The monoisotopic (exact) mass is 511 g/mol. The zero-order valence-corrected chi connectivity index (χ0v) is 20.2. The van der Waals surface area contributed by atoms with Crippen molar-refractivity contribution in [3.63, 3.8) is 0 Å². The minimum atomic E-state index is -0.413. The normalized spacial score (nSPS) is 10.5. The van der Waals surface area contributed by atoms with Crippen molar-refractivity contribution in [2.24, 2.45) is 0 Å². The topological polar surface area (TPSA) is 87.5 Å². The van der Waals surface area contributed by atoms with Gasteiger partial charge in [-0.2, -0.15) is 5.10 Å². The summed E-state index contributed by atoms with van der Waals surface area (Å²) < 4.78 is 2.37. The molecule has 172 valence electrons. The molecule has 0 unspecified atom stereocenters. The standard InChI is InChI=1S/C24H26BrN5O3/c1-3-29(14-13-28(2)24(33)20-11-7-8-12-21(20)25)23(32)15-22(31)27-18-16-26-30(17-18)19-9-5-4-6-10-19/h4-12,16-17H,3,13-15H2,1-2H3,(H,27,31). The Balaban J connectivity index is 1.51. The number of rotatable bonds is 9. The fourth-order valence-electron chi connectivity index (χ4n) is 3.24. The van der Waals surface area contributed by atoms with Crippen LogP contribution in [0.5, 0.6) is 0 Å². The first-order valence-corrected chi connectivity index (χ1v) is 11.4. The van der Waals surface area contributed by atoms with E-state index in [9.17, 15) is 14.4 Å². The number of hydrogen-bond acceptors (Lipinski definition) is 4. The predicted molar refractivity (Wildman–Crippen MR) is 130 cm³/mol. The van der Waals surface area contributed by atoms with Crippen LogP contribution in [0.4, 0.5) is 5.69 Å². The molecule has 3 aromatic rings. The SMILES string of the molecule is CCN(CCN(C)C(=O)c1ccccc1Br)C(=O)CC(=O)Nc1cnn(-c2ccccc2)c1. The van der Waals surface area contributed by atoms with Crippen molar-refractivity contribution in [3.8, 4) is 5.69 Å². The number of anilines is 1. The zero-order chi connectivity index (χ0) is 23.8. The molecule has 0 atom stereocenters. The molecule has 0 fully saturated rings. The Morgan fingerprint density at radius 2 is 1.73 bits per heavy atom. The highest BCUT2D eigenvalue weighted by molar-refractivity contribution is 9.10. The Kier molecular flexibility index (Phi) is 8.37. The molecular weight excluding hydrogens is 486 g/mol. The van der Waals surface area contributed by atoms with E-state index < -0.39 is 5.91 Å². The van der Waals surface area contributed by atoms with E-state index in [4.69, 9.17) is 0 Å². The molecule has 0 aliphatic carbocycles. The van der Waals surface area contributed by atoms with Crippen LogP contribution in [0.2, 0.25) is 0 Å². The number of aromatic nitrogens is 2. The lowest BCUT2D eigenvalue weighted by Crippen LogP contribution is -2.40. The van der Waals surface area contributed by atoms with E-state index in [-0.39, 0.29) is 18.2 Å². The Morgan fingerprint density at radius 1 is 1.03 bits per heavy atom. The van der Waals surface area contributed by atoms with Gasteiger partial charge in [0.15, 0.2) is 0 Å². The summed E-state index contributed by atoms with van der Waals surface area (Å²) in [6.07, 6.45) is 2.94. The summed E-state index contributed by atoms with van der Waals surface area (Å²) in [5.74, 6) is -0.852. The molecule has 0 saturated heterocycles. The molecule has 0 spiro atoms. The molecule has 0 radical (unpaired) electrons. The van der Waals surface area contributed by atoms with Crippen molar-refractivity contribution in [2.75, 3.05) is 32.0 Å². The molecule has 8 nitrogen and oxygen atoms in total. The number of nitrogens with zero attached hydrogens (tertiary/aromatic N) is 4. The highest BCUT2D eigenvalue weighted by atomic mass is 79.9. The summed E-state index contributed by atoms with van der Waals surface area (Å²) in [6.45, 7) is 2.97. The molecule has 3 rings (SSSR count). The lowest BCUT2D eigenvalue weighted by Gasteiger charge is -2.25. The molecule has 0 aliphatic rings. The van der Waals surface area contributed by atoms with E-state index in [1.165, 1.54) is 6.20 Å². The second kappa shape index (κ2) is 11.4. The van der Waals surface area contributed by atoms with E-state index in [1.54, 1.807) is 39.9 Å². The minimum absolute atomic E-state index is 0.140. The highest BCUT2D eigenvalue weighted by Crippen LogP contribution is 2.17. The van der Waals surface area contributed by atoms with Crippen LogP contribution >= 0.6 is 15.9 Å². The molecule has 33 heavy (non-hydrogen) atoms. The van der Waals surface area contributed by atoms with Gasteiger partial charge in [-0.05, 0) is 47.1 Å². The molecular formula is C24H26BrN5O3. The van der Waals surface area contributed by atoms with Crippen LogP contribution in [0, 0.1) is 0 Å². The van der Waals surface area contributed by atoms with Crippen molar-refractivity contribution in [1.82, 2.24) is 19.6 Å². The van der Waals surface area contributed by atoms with Crippen LogP contribution < -0.4 is 5.32 Å². The molecule has 0 saturated carbocycles. The smallest absolute Gasteiger partial charge is 0.254 e. The second-order valence-electron chi connectivity index (χ2n) is 7.41. The van der Waals surface area contributed by atoms with Crippen molar-refractivity contribution >= 4 is 39.3 Å². The summed E-state index contributed by atoms with van der Waals surface area (Å²) in [5, 5.41) is 6.95. The van der Waals surface area contributed by atoms with Crippen molar-refractivity contribution in [3.05, 3.63) is 77.0 Å². The van der Waals surface area contributed by atoms with Crippen LogP contribution in [-0.4, -0.2) is 64.0 Å². The number of benzene rings is 2. The van der Waals surface area contributed by atoms with E-state index in [2.05, 4.69) is 26.3 Å². The number of carbonyl (C=O) groups is 3. The molecule has 2 aromatic carbocycles. The Hall–Kier alpha value is -3.46. The number of likely N-dealkylation sites (N-methyl/N-ethyl adjacent to an activating group) is 2. The van der Waals surface area contributed by atoms with Gasteiger partial charge in [0.1, 0.15) is 6.42 Å². The number of nitrogens with one attached hydrogen (secondary N) is 1. The average molecular weight is 512 g/mol. The third-order valence-corrected chi connectivity index (χ3v) is 5.78. The van der Waals surface area contributed by atoms with Crippen LogP contribution in [0.1, 0.15) is 23.7 Å². The molecule has 9 heteroatoms. The van der Waals surface area contributed by atoms with Crippen LogP contribution in [0.15, 0.2) is 71.5 Å². The number of carbonyl (C=O) groups excluding carboxylic acids is 3. The highest BCUT2D eigenvalue weighted by Gasteiger charge is 2.19. The first-order valence-electron chi connectivity index (χ1n) is 10.6. The van der Waals surface area contributed by atoms with Crippen LogP contribution in [0.25, 0.3) is 5.69 Å². The maximum absolute atomic E-state index is 12.6. The second-order valence-corrected chi connectivity index (χ2v) is 8.27. The first kappa shape index (κ1) is 24.2. The molecule has 3 amide bonds. The third kappa shape index (κ3) is 6.52. The van der Waals surface area contributed by atoms with E-state index >= 15 is 0 Å². The fraction of sp³-hybridized carbons (Fsp3) is 0.250. The molecule has 0 aliphatic heterocycles. The summed E-state index contributed by atoms with van der Waals surface area (Å²) >= 11 is 3.39. The van der Waals surface area contributed by atoms with Gasteiger partial charge in [-0.1, -0.05) is 30.3 Å². The first-order chi connectivity index (χ1) is 15.9. The summed E-state index contributed by atoms with van der Waals surface area (Å²) in [5.41, 5.74) is 1.94. The number of halogens is 1. The predicted octanol–water partition coefficient (Wildman–Crippen LogP) is 3.58. The Morgan fingerprint density at radius 3 is 2.42 bits per heavy atom. The van der Waals surface area contributed by atoms with Gasteiger partial charge in [0, 0.05) is 31.2 Å². The molecule has 0 bridgehead atoms. The molecule has 1 aromatic heterocycles. The maximum atomic E-state index is 12.6. The lowest BCUT2D eigenvalue weighted by molar-refractivity contribution is -0.134. The molecule has 1 N–H and O–H groups in total. The molecule has 1 heterocycles. The summed E-state index contributed by atoms with van der Waals surface area (Å²) in [7, 11) is 1.69. The number of amides is 3. The number of hydrogen-bond donors (Lipinski definition) is 1. The van der Waals surface area contributed by atoms with Gasteiger partial charge in [0.05, 0.1) is 29.3 Å². The average Bonchev–Trinajstić information content (AvgIpc) is 3.28. The number of para-hydroxylation sites is 1. The Bertz CT molecular complexity index is 1120. The van der Waals surface area contributed by atoms with Crippen molar-refractivity contribution in [1.29, 1.82) is 0 Å². The maximum Gasteiger partial charge on any atom is 0.254 e. The zero-order valence-electron chi connectivity index (χ0n) is 18.6. The van der Waals surface area contributed by atoms with E-state index in [1.807, 2.05) is 49.4 Å². The lowest BCUT2D eigenvalue weighted by atomic mass is 10.2. The van der Waals surface area contributed by atoms with E-state index in [0.29, 0.717) is 30.9 Å².